The van der Waals surface area contributed by atoms with Crippen molar-refractivity contribution in [2.75, 3.05) is 25.5 Å². The van der Waals surface area contributed by atoms with Gasteiger partial charge in [0.05, 0.1) is 6.54 Å². The van der Waals surface area contributed by atoms with E-state index in [1.165, 1.54) is 5.56 Å². The molecule has 0 aliphatic heterocycles. The van der Waals surface area contributed by atoms with Crippen molar-refractivity contribution >= 4 is 11.6 Å². The Hall–Kier alpha value is -1.35. The molecule has 1 amide bonds. The fourth-order valence-corrected chi connectivity index (χ4v) is 1.59. The summed E-state index contributed by atoms with van der Waals surface area (Å²) in [6.07, 6.45) is 0. The number of rotatable bonds is 3. The number of aryl methyl sites for hydroxylation is 2. The third-order valence-corrected chi connectivity index (χ3v) is 2.42. The molecule has 0 spiro atoms. The molecular formula is C12H18N2O. The number of benzene rings is 1. The third-order valence-electron chi connectivity index (χ3n) is 2.42. The fraction of sp³-hybridized carbons (Fsp3) is 0.417. The predicted molar refractivity (Wildman–Crippen MR) is 63.3 cm³/mol. The van der Waals surface area contributed by atoms with Crippen molar-refractivity contribution in [2.45, 2.75) is 13.8 Å². The second-order valence-electron chi connectivity index (χ2n) is 3.77. The smallest absolute Gasteiger partial charge is 0.240 e. The Kier molecular flexibility index (Phi) is 3.86. The van der Waals surface area contributed by atoms with Gasteiger partial charge in [-0.15, -0.1) is 0 Å². The summed E-state index contributed by atoms with van der Waals surface area (Å²) < 4.78 is 0. The normalized spacial score (nSPS) is 10.1. The monoisotopic (exact) mass is 206 g/mol. The lowest BCUT2D eigenvalue weighted by Crippen LogP contribution is -2.34. The molecule has 0 bridgehead atoms. The largest absolute Gasteiger partial charge is 0.314 e. The molecule has 0 aromatic heterocycles. The molecule has 3 nitrogen and oxygen atoms in total. The third kappa shape index (κ3) is 2.80. The number of likely N-dealkylation sites (N-methyl/N-ethyl adjacent to an activating group) is 2. The molecule has 0 saturated carbocycles. The second-order valence-corrected chi connectivity index (χ2v) is 3.77. The summed E-state index contributed by atoms with van der Waals surface area (Å²) in [6.45, 7) is 4.43. The van der Waals surface area contributed by atoms with Gasteiger partial charge < -0.3 is 10.2 Å². The van der Waals surface area contributed by atoms with Gasteiger partial charge in [0.2, 0.25) is 5.91 Å². The van der Waals surface area contributed by atoms with Gasteiger partial charge in [0.1, 0.15) is 0 Å². The maximum Gasteiger partial charge on any atom is 0.240 e. The Balaban J connectivity index is 2.91. The average molecular weight is 206 g/mol. The van der Waals surface area contributed by atoms with Crippen molar-refractivity contribution in [1.82, 2.24) is 5.32 Å². The summed E-state index contributed by atoms with van der Waals surface area (Å²) in [6, 6.07) is 6.09. The molecule has 82 valence electrons. The standard InChI is InChI=1S/C12H18N2O/c1-9-5-6-11(10(2)7-9)14(4)12(15)8-13-3/h5-7,13H,8H2,1-4H3. The summed E-state index contributed by atoms with van der Waals surface area (Å²) >= 11 is 0. The van der Waals surface area contributed by atoms with Crippen molar-refractivity contribution in [3.05, 3.63) is 29.3 Å². The lowest BCUT2D eigenvalue weighted by atomic mass is 10.1. The van der Waals surface area contributed by atoms with Crippen LogP contribution in [-0.4, -0.2) is 26.5 Å². The molecule has 0 atom stereocenters. The lowest BCUT2D eigenvalue weighted by Gasteiger charge is -2.19. The first-order chi connectivity index (χ1) is 7.06. The van der Waals surface area contributed by atoms with Crippen LogP contribution >= 0.6 is 0 Å². The SMILES string of the molecule is CNCC(=O)N(C)c1ccc(C)cc1C. The van der Waals surface area contributed by atoms with E-state index in [9.17, 15) is 4.79 Å². The fourth-order valence-electron chi connectivity index (χ4n) is 1.59. The molecule has 15 heavy (non-hydrogen) atoms. The Morgan fingerprint density at radius 3 is 2.60 bits per heavy atom. The zero-order valence-corrected chi connectivity index (χ0v) is 9.79. The van der Waals surface area contributed by atoms with E-state index in [2.05, 4.69) is 11.4 Å². The Bertz CT molecular complexity index is 361. The van der Waals surface area contributed by atoms with Gasteiger partial charge >= 0.3 is 0 Å². The number of nitrogens with zero attached hydrogens (tertiary/aromatic N) is 1. The van der Waals surface area contributed by atoms with Crippen LogP contribution in [0.25, 0.3) is 0 Å². The molecule has 1 aromatic carbocycles. The van der Waals surface area contributed by atoms with Crippen LogP contribution in [0, 0.1) is 13.8 Å². The molecule has 1 aromatic rings. The van der Waals surface area contributed by atoms with E-state index in [0.717, 1.165) is 11.3 Å². The van der Waals surface area contributed by atoms with Gasteiger partial charge in [0.15, 0.2) is 0 Å². The van der Waals surface area contributed by atoms with Crippen molar-refractivity contribution in [1.29, 1.82) is 0 Å². The van der Waals surface area contributed by atoms with Gasteiger partial charge in [-0.3, -0.25) is 4.79 Å². The summed E-state index contributed by atoms with van der Waals surface area (Å²) in [5.41, 5.74) is 3.31. The van der Waals surface area contributed by atoms with Crippen LogP contribution < -0.4 is 10.2 Å². The zero-order chi connectivity index (χ0) is 11.4. The van der Waals surface area contributed by atoms with Gasteiger partial charge in [0.25, 0.3) is 0 Å². The molecule has 0 radical (unpaired) electrons. The molecule has 0 saturated heterocycles. The van der Waals surface area contributed by atoms with Crippen LogP contribution in [0.1, 0.15) is 11.1 Å². The van der Waals surface area contributed by atoms with E-state index in [1.54, 1.807) is 19.0 Å². The van der Waals surface area contributed by atoms with Gasteiger partial charge in [0, 0.05) is 12.7 Å². The molecule has 0 aliphatic rings. The van der Waals surface area contributed by atoms with Crippen LogP contribution in [-0.2, 0) is 4.79 Å². The number of nitrogens with one attached hydrogen (secondary N) is 1. The molecule has 0 aliphatic carbocycles. The first-order valence-electron chi connectivity index (χ1n) is 5.04. The Labute approximate surface area is 91.1 Å². The van der Waals surface area contributed by atoms with E-state index >= 15 is 0 Å². The highest BCUT2D eigenvalue weighted by molar-refractivity contribution is 5.94. The quantitative estimate of drug-likeness (QED) is 0.812. The maximum atomic E-state index is 11.6. The number of anilines is 1. The minimum atomic E-state index is 0.0736. The van der Waals surface area contributed by atoms with E-state index in [1.807, 2.05) is 26.0 Å². The summed E-state index contributed by atoms with van der Waals surface area (Å²) in [4.78, 5) is 13.3. The highest BCUT2D eigenvalue weighted by Crippen LogP contribution is 2.19. The van der Waals surface area contributed by atoms with Crippen LogP contribution in [0.4, 0.5) is 5.69 Å². The second kappa shape index (κ2) is 4.94. The summed E-state index contributed by atoms with van der Waals surface area (Å²) in [5, 5.41) is 2.86. The zero-order valence-electron chi connectivity index (χ0n) is 9.79. The van der Waals surface area contributed by atoms with Crippen molar-refractivity contribution in [3.8, 4) is 0 Å². The van der Waals surface area contributed by atoms with E-state index < -0.39 is 0 Å². The number of amides is 1. The van der Waals surface area contributed by atoms with Crippen LogP contribution in [0.3, 0.4) is 0 Å². The topological polar surface area (TPSA) is 32.3 Å². The molecule has 0 unspecified atom stereocenters. The van der Waals surface area contributed by atoms with E-state index in [0.29, 0.717) is 6.54 Å². The minimum Gasteiger partial charge on any atom is -0.314 e. The van der Waals surface area contributed by atoms with Crippen molar-refractivity contribution in [3.63, 3.8) is 0 Å². The summed E-state index contributed by atoms with van der Waals surface area (Å²) in [5.74, 6) is 0.0736. The summed E-state index contributed by atoms with van der Waals surface area (Å²) in [7, 11) is 3.57. The molecular weight excluding hydrogens is 188 g/mol. The minimum absolute atomic E-state index is 0.0736. The molecule has 1 rings (SSSR count). The lowest BCUT2D eigenvalue weighted by molar-refractivity contribution is -0.117. The van der Waals surface area contributed by atoms with Crippen molar-refractivity contribution < 1.29 is 4.79 Å². The number of carbonyl (C=O) groups excluding carboxylic acids is 1. The molecule has 3 heteroatoms. The predicted octanol–water partition coefficient (Wildman–Crippen LogP) is 1.49. The highest BCUT2D eigenvalue weighted by Gasteiger charge is 2.11. The first kappa shape index (κ1) is 11.7. The van der Waals surface area contributed by atoms with Crippen LogP contribution in [0.5, 0.6) is 0 Å². The number of hydrogen-bond donors (Lipinski definition) is 1. The maximum absolute atomic E-state index is 11.6. The van der Waals surface area contributed by atoms with Crippen LogP contribution in [0.15, 0.2) is 18.2 Å². The van der Waals surface area contributed by atoms with Crippen LogP contribution in [0.2, 0.25) is 0 Å². The average Bonchev–Trinajstić information content (AvgIpc) is 2.17. The molecule has 0 heterocycles. The number of hydrogen-bond acceptors (Lipinski definition) is 2. The van der Waals surface area contributed by atoms with E-state index in [-0.39, 0.29) is 5.91 Å². The number of carbonyl (C=O) groups is 1. The highest BCUT2D eigenvalue weighted by atomic mass is 16.2. The van der Waals surface area contributed by atoms with Gasteiger partial charge in [-0.2, -0.15) is 0 Å². The first-order valence-corrected chi connectivity index (χ1v) is 5.04. The molecule has 0 fully saturated rings. The Morgan fingerprint density at radius 2 is 2.07 bits per heavy atom. The van der Waals surface area contributed by atoms with Gasteiger partial charge in [-0.1, -0.05) is 17.7 Å². The van der Waals surface area contributed by atoms with Crippen molar-refractivity contribution in [2.24, 2.45) is 0 Å². The Morgan fingerprint density at radius 1 is 1.40 bits per heavy atom. The molecule has 1 N–H and O–H groups in total. The van der Waals surface area contributed by atoms with Gasteiger partial charge in [-0.05, 0) is 32.5 Å². The van der Waals surface area contributed by atoms with E-state index in [4.69, 9.17) is 0 Å². The van der Waals surface area contributed by atoms with Gasteiger partial charge in [-0.25, -0.2) is 0 Å².